The Bertz CT molecular complexity index is 2640. The minimum absolute atomic E-state index is 0.000404. The number of carbonyl (C=O) groups excluding carboxylic acids is 3. The molecule has 1 aliphatic carbocycles. The summed E-state index contributed by atoms with van der Waals surface area (Å²) in [4.78, 5) is 67.7. The second-order valence-corrected chi connectivity index (χ2v) is 21.0. The molecule has 7 atom stereocenters. The van der Waals surface area contributed by atoms with Crippen LogP contribution >= 0.6 is 11.3 Å². The maximum atomic E-state index is 15.3. The van der Waals surface area contributed by atoms with Gasteiger partial charge in [0.2, 0.25) is 5.91 Å². The number of cyclic esters (lactones) is 1. The topological polar surface area (TPSA) is 160 Å². The van der Waals surface area contributed by atoms with Crippen molar-refractivity contribution in [3.05, 3.63) is 82.5 Å². The lowest BCUT2D eigenvalue weighted by Crippen LogP contribution is -2.70. The number of likely N-dealkylation sites (N-methyl/N-ethyl adjacent to an activating group) is 1. The molecule has 16 heteroatoms. The van der Waals surface area contributed by atoms with E-state index in [1.165, 1.54) is 17.7 Å². The number of hydrogen-bond acceptors (Lipinski definition) is 13. The first kappa shape index (κ1) is 44.7. The highest BCUT2D eigenvalue weighted by molar-refractivity contribution is 7.10. The lowest BCUT2D eigenvalue weighted by atomic mass is 9.84. The van der Waals surface area contributed by atoms with Gasteiger partial charge in [-0.1, -0.05) is 26.8 Å². The molecule has 15 nitrogen and oxygen atoms in total. The predicted molar refractivity (Wildman–Crippen MR) is 252 cm³/mol. The van der Waals surface area contributed by atoms with Crippen LogP contribution in [-0.2, 0) is 36.8 Å². The van der Waals surface area contributed by atoms with Crippen molar-refractivity contribution in [3.63, 3.8) is 0 Å². The molecule has 4 aliphatic heterocycles. The molecule has 0 radical (unpaired) electrons. The lowest BCUT2D eigenvalue weighted by molar-refractivity contribution is -0.156. The summed E-state index contributed by atoms with van der Waals surface area (Å²) in [6.07, 6.45) is 8.69. The number of aryl methyl sites for hydroxylation is 1. The Balaban J connectivity index is 1.11. The van der Waals surface area contributed by atoms with Gasteiger partial charge in [-0.2, -0.15) is 0 Å². The van der Waals surface area contributed by atoms with Crippen LogP contribution in [0.1, 0.15) is 100 Å². The van der Waals surface area contributed by atoms with E-state index in [0.29, 0.717) is 25.8 Å². The third-order valence-corrected chi connectivity index (χ3v) is 16.1. The van der Waals surface area contributed by atoms with Crippen LogP contribution in [0.15, 0.2) is 60.5 Å². The van der Waals surface area contributed by atoms with Crippen molar-refractivity contribution in [2.75, 3.05) is 46.9 Å². The van der Waals surface area contributed by atoms with E-state index in [0.717, 1.165) is 94.4 Å². The number of ether oxygens (including phenoxy) is 2. The van der Waals surface area contributed by atoms with Crippen LogP contribution < -0.4 is 10.7 Å². The fraction of sp³-hybridized carbons (Fsp3) is 0.540. The number of esters is 1. The molecule has 2 N–H and O–H groups in total. The average Bonchev–Trinajstić information content (AvgIpc) is 3.60. The molecule has 3 saturated heterocycles. The van der Waals surface area contributed by atoms with Crippen LogP contribution in [0.4, 0.5) is 0 Å². The van der Waals surface area contributed by atoms with Gasteiger partial charge in [-0.15, -0.1) is 11.3 Å². The van der Waals surface area contributed by atoms with Crippen molar-refractivity contribution >= 4 is 40.0 Å². The molecule has 6 bridgehead atoms. The minimum atomic E-state index is -1.00. The number of carbonyl (C=O) groups is 3. The highest BCUT2D eigenvalue weighted by Gasteiger charge is 2.57. The van der Waals surface area contributed by atoms with Gasteiger partial charge in [0.1, 0.15) is 23.4 Å². The van der Waals surface area contributed by atoms with Crippen molar-refractivity contribution in [2.45, 2.75) is 109 Å². The second kappa shape index (κ2) is 17.5. The van der Waals surface area contributed by atoms with Crippen molar-refractivity contribution in [1.82, 2.24) is 50.1 Å². The van der Waals surface area contributed by atoms with Crippen molar-refractivity contribution in [3.8, 4) is 22.5 Å². The zero-order chi connectivity index (χ0) is 46.1. The third kappa shape index (κ3) is 7.91. The molecule has 5 aromatic rings. The Labute approximate surface area is 390 Å². The number of likely N-dealkylation sites (tertiary alicyclic amines) is 2. The Kier molecular flexibility index (Phi) is 11.9. The molecular weight excluding hydrogens is 853 g/mol. The first-order valence-electron chi connectivity index (χ1n) is 23.7. The normalized spacial score (nSPS) is 27.0. The smallest absolute Gasteiger partial charge is 0.324 e. The fourth-order valence-electron chi connectivity index (χ4n) is 11.4. The van der Waals surface area contributed by atoms with Gasteiger partial charge in [0.25, 0.3) is 5.91 Å². The number of rotatable bonds is 8. The number of methoxy groups -OCH3 is 1. The quantitative estimate of drug-likeness (QED) is 0.167. The third-order valence-electron chi connectivity index (χ3n) is 15.2. The molecule has 4 fully saturated rings. The standard InChI is InChI=1S/C50H62N10O5S/c1-8-59-38-15-14-31-22-33(38)34(43(59)32-12-9-18-52-41(32)30(3)64-7)23-49(4,5)27-65-48(63)36-13-10-21-60(56-36)47(62)42(55-45(61)40-29(2)39(40)35-16-19-51-28-53-35)44(46-54-37(31)24-66-46)58-25-50(26-58)17-11-20-57(50)6/h9,12,14-16,18-19,22,24,28-30,36,39-40,42,44,56H,8,10-11,13,17,20-21,23,25-27H2,1-7H3,(H,55,61)/t29-,30-,36-,39-,40+,42-,44-/m0/s1. The van der Waals surface area contributed by atoms with Gasteiger partial charge in [-0.3, -0.25) is 34.2 Å². The van der Waals surface area contributed by atoms with Crippen LogP contribution in [0, 0.1) is 17.3 Å². The number of pyridine rings is 1. The summed E-state index contributed by atoms with van der Waals surface area (Å²) < 4.78 is 14.4. The number of thiazole rings is 1. The van der Waals surface area contributed by atoms with E-state index < -0.39 is 29.5 Å². The van der Waals surface area contributed by atoms with E-state index in [1.807, 2.05) is 25.3 Å². The van der Waals surface area contributed by atoms with Gasteiger partial charge in [0.05, 0.1) is 35.8 Å². The SMILES string of the molecule is CCn1c(-c2cccnc2[C@H](C)OC)c2c3cc(ccc31)-c1csc(n1)[C@@H](N1CC3(CCCN3C)C1)[C@H](NC(=O)[C@@H]1[C@@H](C)[C@H]1c1ccncn1)C(=O)N1CCC[C@H](N1)C(=O)OCC(C)(C)C2. The minimum Gasteiger partial charge on any atom is -0.464 e. The highest BCUT2D eigenvalue weighted by atomic mass is 32.1. The van der Waals surface area contributed by atoms with Crippen LogP contribution in [0.3, 0.4) is 0 Å². The van der Waals surface area contributed by atoms with Crippen molar-refractivity contribution < 1.29 is 23.9 Å². The zero-order valence-corrected chi connectivity index (χ0v) is 39.9. The summed E-state index contributed by atoms with van der Waals surface area (Å²) >= 11 is 1.53. The summed E-state index contributed by atoms with van der Waals surface area (Å²) in [6.45, 7) is 14.3. The van der Waals surface area contributed by atoms with Gasteiger partial charge in [-0.05, 0) is 101 Å². The molecule has 4 aromatic heterocycles. The van der Waals surface area contributed by atoms with Gasteiger partial charge >= 0.3 is 5.97 Å². The maximum Gasteiger partial charge on any atom is 0.324 e. The van der Waals surface area contributed by atoms with Gasteiger partial charge in [0, 0.05) is 102 Å². The molecule has 5 aliphatic rings. The first-order chi connectivity index (χ1) is 31.8. The lowest BCUT2D eigenvalue weighted by Gasteiger charge is -2.55. The van der Waals surface area contributed by atoms with Crippen molar-refractivity contribution in [1.29, 1.82) is 0 Å². The summed E-state index contributed by atoms with van der Waals surface area (Å²) in [6, 6.07) is 10.2. The number of fused-ring (bicyclic) bond motifs is 6. The Morgan fingerprint density at radius 1 is 1.11 bits per heavy atom. The molecule has 66 heavy (non-hydrogen) atoms. The zero-order valence-electron chi connectivity index (χ0n) is 39.1. The summed E-state index contributed by atoms with van der Waals surface area (Å²) in [7, 11) is 3.90. The fourth-order valence-corrected chi connectivity index (χ4v) is 12.4. The summed E-state index contributed by atoms with van der Waals surface area (Å²) in [5.74, 6) is -1.31. The number of nitrogens with one attached hydrogen (secondary N) is 2. The van der Waals surface area contributed by atoms with E-state index in [-0.39, 0.29) is 47.8 Å². The van der Waals surface area contributed by atoms with E-state index in [9.17, 15) is 9.59 Å². The molecule has 0 unspecified atom stereocenters. The van der Waals surface area contributed by atoms with E-state index in [4.69, 9.17) is 19.4 Å². The maximum absolute atomic E-state index is 15.3. The molecule has 348 valence electrons. The molecule has 8 heterocycles. The van der Waals surface area contributed by atoms with Gasteiger partial charge < -0.3 is 19.4 Å². The number of hydrazine groups is 1. The van der Waals surface area contributed by atoms with E-state index in [1.54, 1.807) is 18.3 Å². The monoisotopic (exact) mass is 914 g/mol. The number of aromatic nitrogens is 5. The Morgan fingerprint density at radius 3 is 2.68 bits per heavy atom. The van der Waals surface area contributed by atoms with Crippen molar-refractivity contribution in [2.24, 2.45) is 17.3 Å². The number of hydrogen-bond donors (Lipinski definition) is 2. The highest BCUT2D eigenvalue weighted by Crippen LogP contribution is 2.53. The van der Waals surface area contributed by atoms with Crippen LogP contribution in [0.5, 0.6) is 0 Å². The molecule has 2 amide bonds. The molecular formula is C50H62N10O5S. The van der Waals surface area contributed by atoms with E-state index in [2.05, 4.69) is 99.5 Å². The van der Waals surface area contributed by atoms with Crippen LogP contribution in [-0.4, -0.2) is 122 Å². The van der Waals surface area contributed by atoms with Crippen LogP contribution in [0.2, 0.25) is 0 Å². The van der Waals surface area contributed by atoms with Gasteiger partial charge in [0.15, 0.2) is 0 Å². The average molecular weight is 915 g/mol. The van der Waals surface area contributed by atoms with Gasteiger partial charge in [-0.25, -0.2) is 20.4 Å². The molecule has 1 saturated carbocycles. The summed E-state index contributed by atoms with van der Waals surface area (Å²) in [5.41, 5.74) is 10.5. The molecule has 1 spiro atoms. The Morgan fingerprint density at radius 2 is 1.94 bits per heavy atom. The van der Waals surface area contributed by atoms with E-state index >= 15 is 4.79 Å². The number of benzene rings is 1. The number of amides is 2. The van der Waals surface area contributed by atoms with Crippen LogP contribution in [0.25, 0.3) is 33.4 Å². The summed E-state index contributed by atoms with van der Waals surface area (Å²) in [5, 5.41) is 8.82. The molecule has 1 aromatic carbocycles. The predicted octanol–water partition coefficient (Wildman–Crippen LogP) is 6.32. The molecule has 10 rings (SSSR count). The first-order valence-corrected chi connectivity index (χ1v) is 24.5. The largest absolute Gasteiger partial charge is 0.464 e. The Hall–Kier alpha value is -5.13. The number of nitrogens with zero attached hydrogens (tertiary/aromatic N) is 8. The second-order valence-electron chi connectivity index (χ2n) is 20.1.